The first-order valence-electron chi connectivity index (χ1n) is 15.4. The van der Waals surface area contributed by atoms with E-state index in [9.17, 15) is 48.3 Å². The average molecular weight is 814 g/mol. The number of halogens is 1. The lowest BCUT2D eigenvalue weighted by molar-refractivity contribution is -0.141. The molecule has 8 amide bonds. The van der Waals surface area contributed by atoms with Gasteiger partial charge in [0.2, 0.25) is 41.4 Å². The highest BCUT2D eigenvalue weighted by atomic mass is 127. The number of amides is 8. The highest BCUT2D eigenvalue weighted by Crippen LogP contribution is 2.08. The van der Waals surface area contributed by atoms with Crippen molar-refractivity contribution in [1.82, 2.24) is 37.4 Å². The molecule has 0 rings (SSSR count). The molecule has 0 saturated heterocycles. The van der Waals surface area contributed by atoms with E-state index in [2.05, 4.69) is 31.9 Å². The molecule has 0 aliphatic rings. The second kappa shape index (κ2) is 24.1. The van der Waals surface area contributed by atoms with Gasteiger partial charge in [-0.1, -0.05) is 36.4 Å². The van der Waals surface area contributed by atoms with E-state index in [1.54, 1.807) is 36.4 Å². The molecule has 0 aromatic heterocycles. The van der Waals surface area contributed by atoms with Crippen LogP contribution in [0.4, 0.5) is 0 Å². The van der Waals surface area contributed by atoms with Crippen molar-refractivity contribution in [3.63, 3.8) is 0 Å². The number of hydrogen-bond acceptors (Lipinski definition) is 11. The number of unbranched alkanes of at least 4 members (excludes halogenated alkanes) is 1. The van der Waals surface area contributed by atoms with Crippen LogP contribution in [-0.2, 0) is 43.2 Å². The Morgan fingerprint density at radius 2 is 1.24 bits per heavy atom. The third-order valence-corrected chi connectivity index (χ3v) is 7.38. The van der Waals surface area contributed by atoms with Crippen LogP contribution < -0.4 is 48.8 Å². The Labute approximate surface area is 296 Å². The third kappa shape index (κ3) is 19.5. The van der Waals surface area contributed by atoms with Gasteiger partial charge in [0.15, 0.2) is 0 Å². The van der Waals surface area contributed by atoms with Crippen molar-refractivity contribution in [2.45, 2.75) is 95.9 Å². The van der Waals surface area contributed by atoms with Gasteiger partial charge in [0.05, 0.1) is 17.4 Å². The molecular weight excluding hydrogens is 765 g/mol. The van der Waals surface area contributed by atoms with Crippen LogP contribution in [0.15, 0.2) is 0 Å². The first-order valence-corrected chi connectivity index (χ1v) is 17.0. The number of carbonyl (C=O) groups is 9. The Morgan fingerprint density at radius 3 is 1.78 bits per heavy atom. The van der Waals surface area contributed by atoms with Crippen molar-refractivity contribution in [2.75, 3.05) is 17.5 Å². The number of carbonyl (C=O) groups excluding carboxylic acids is 8. The molecule has 0 spiro atoms. The van der Waals surface area contributed by atoms with Gasteiger partial charge in [-0.05, 0) is 51.5 Å². The molecule has 20 nitrogen and oxygen atoms in total. The topological polar surface area (TPSA) is 330 Å². The summed E-state index contributed by atoms with van der Waals surface area (Å²) in [6, 6.07) is -6.50. The van der Waals surface area contributed by atoms with E-state index in [-0.39, 0.29) is 36.0 Å². The molecule has 0 fully saturated rings. The Bertz CT molecular complexity index is 1190. The number of carboxylic acids is 1. The molecule has 5 atom stereocenters. The van der Waals surface area contributed by atoms with E-state index in [4.69, 9.17) is 16.7 Å². The predicted octanol–water partition coefficient (Wildman–Crippen LogP) is -3.60. The fraction of sp³-hybridized carbons (Fsp3) is 0.679. The zero-order chi connectivity index (χ0) is 37.7. The zero-order valence-corrected chi connectivity index (χ0v) is 29.8. The van der Waals surface area contributed by atoms with E-state index < -0.39 is 96.4 Å². The minimum atomic E-state index is -1.55. The summed E-state index contributed by atoms with van der Waals surface area (Å²) in [6.07, 6.45) is -0.295. The third-order valence-electron chi connectivity index (χ3n) is 6.69. The van der Waals surface area contributed by atoms with Crippen molar-refractivity contribution in [1.29, 1.82) is 0 Å². The Morgan fingerprint density at radius 1 is 0.694 bits per heavy atom. The second-order valence-electron chi connectivity index (χ2n) is 11.4. The minimum Gasteiger partial charge on any atom is -0.481 e. The Hall–Kier alpha value is -4.12. The van der Waals surface area contributed by atoms with Crippen LogP contribution in [0.25, 0.3) is 0 Å². The molecule has 1 unspecified atom stereocenters. The summed E-state index contributed by atoms with van der Waals surface area (Å²) in [4.78, 5) is 111. The monoisotopic (exact) mass is 813 g/mol. The SMILES string of the molecule is CC(C)C[C@H](NC(=O)[C@H](CCC(N)=O)NC(=O)C(CC(=O)O)NC(=O)CI)C(=O)NCC(=O)N[C@@H](CCCCN)C(=O)N[C@@H](C)C(=O)NO. The number of alkyl halides is 1. The summed E-state index contributed by atoms with van der Waals surface area (Å²) in [7, 11) is 0. The first-order chi connectivity index (χ1) is 22.9. The van der Waals surface area contributed by atoms with Gasteiger partial charge in [0.1, 0.15) is 30.2 Å². The Kier molecular flexibility index (Phi) is 22.1. The van der Waals surface area contributed by atoms with Crippen LogP contribution >= 0.6 is 22.6 Å². The van der Waals surface area contributed by atoms with Gasteiger partial charge in [0, 0.05) is 6.42 Å². The highest BCUT2D eigenvalue weighted by molar-refractivity contribution is 14.1. The second-order valence-corrected chi connectivity index (χ2v) is 12.2. The Balaban J connectivity index is 5.77. The molecular formula is C28H48IN9O11. The molecule has 21 heteroatoms. The van der Waals surface area contributed by atoms with Gasteiger partial charge in [-0.2, -0.15) is 0 Å². The molecule has 0 bridgehead atoms. The fourth-order valence-corrected chi connectivity index (χ4v) is 4.41. The maximum Gasteiger partial charge on any atom is 0.305 e. The minimum absolute atomic E-state index is 0.0674. The molecule has 0 aromatic rings. The molecule has 0 saturated carbocycles. The number of hydrogen-bond donors (Lipinski definition) is 11. The lowest BCUT2D eigenvalue weighted by Crippen LogP contribution is -2.58. The molecule has 0 aromatic carbocycles. The number of rotatable bonds is 24. The van der Waals surface area contributed by atoms with Crippen molar-refractivity contribution in [3.05, 3.63) is 0 Å². The maximum absolute atomic E-state index is 13.3. The standard InChI is InChI=1S/C28H48IN9O11/c1-14(2)10-18(25(45)32-13-22(41)34-16(6-4-5-9-30)26(46)33-15(3)24(44)38-49)37-27(47)17(7-8-20(31)39)36-28(48)19(11-23(42)43)35-21(40)12-29/h14-19,49H,4-13,30H2,1-3H3,(H2,31,39)(H,32,45)(H,33,46)(H,34,41)(H,35,40)(H,36,48)(H,37,47)(H,38,44)(H,42,43)/t15-,16-,17-,18-,19?/m0/s1. The normalized spacial score (nSPS) is 13.8. The summed E-state index contributed by atoms with van der Waals surface area (Å²) in [5.74, 6) is -8.15. The first kappa shape index (κ1) is 44.9. The van der Waals surface area contributed by atoms with Gasteiger partial charge in [-0.25, -0.2) is 5.48 Å². The van der Waals surface area contributed by atoms with Gasteiger partial charge in [-0.15, -0.1) is 0 Å². The van der Waals surface area contributed by atoms with Crippen molar-refractivity contribution in [2.24, 2.45) is 17.4 Å². The van der Waals surface area contributed by atoms with E-state index >= 15 is 0 Å². The van der Waals surface area contributed by atoms with Crippen LogP contribution in [0.2, 0.25) is 0 Å². The van der Waals surface area contributed by atoms with E-state index in [1.807, 2.05) is 0 Å². The summed E-state index contributed by atoms with van der Waals surface area (Å²) in [5, 5.41) is 32.2. The number of nitrogens with one attached hydrogen (secondary N) is 7. The summed E-state index contributed by atoms with van der Waals surface area (Å²) < 4.78 is -0.0819. The molecule has 13 N–H and O–H groups in total. The fourth-order valence-electron chi connectivity index (χ4n) is 4.19. The van der Waals surface area contributed by atoms with Crippen molar-refractivity contribution < 1.29 is 53.5 Å². The number of primary amides is 1. The van der Waals surface area contributed by atoms with Crippen molar-refractivity contribution >= 4 is 75.8 Å². The van der Waals surface area contributed by atoms with Gasteiger partial charge >= 0.3 is 5.97 Å². The van der Waals surface area contributed by atoms with Crippen LogP contribution in [-0.4, -0.2) is 111 Å². The van der Waals surface area contributed by atoms with Crippen LogP contribution in [0.1, 0.15) is 65.7 Å². The molecule has 0 radical (unpaired) electrons. The number of carboxylic acid groups (broad SMARTS) is 1. The van der Waals surface area contributed by atoms with Crippen molar-refractivity contribution in [3.8, 4) is 0 Å². The smallest absolute Gasteiger partial charge is 0.305 e. The summed E-state index contributed by atoms with van der Waals surface area (Å²) in [6.45, 7) is 4.52. The molecule has 0 aliphatic heterocycles. The molecule has 49 heavy (non-hydrogen) atoms. The number of hydroxylamine groups is 1. The molecule has 0 heterocycles. The van der Waals surface area contributed by atoms with E-state index in [1.165, 1.54) is 12.4 Å². The summed E-state index contributed by atoms with van der Waals surface area (Å²) in [5.41, 5.74) is 12.1. The lowest BCUT2D eigenvalue weighted by Gasteiger charge is -2.25. The predicted molar refractivity (Wildman–Crippen MR) is 180 cm³/mol. The molecule has 278 valence electrons. The van der Waals surface area contributed by atoms with Gasteiger partial charge < -0.3 is 48.5 Å². The lowest BCUT2D eigenvalue weighted by atomic mass is 10.0. The highest BCUT2D eigenvalue weighted by Gasteiger charge is 2.31. The van der Waals surface area contributed by atoms with Gasteiger partial charge in [0.25, 0.3) is 5.91 Å². The van der Waals surface area contributed by atoms with Gasteiger partial charge in [-0.3, -0.25) is 48.4 Å². The van der Waals surface area contributed by atoms with Crippen LogP contribution in [0, 0.1) is 5.92 Å². The quantitative estimate of drug-likeness (QED) is 0.0148. The number of aliphatic carboxylic acids is 1. The summed E-state index contributed by atoms with van der Waals surface area (Å²) >= 11 is 1.71. The van der Waals surface area contributed by atoms with E-state index in [0.717, 1.165) is 0 Å². The van der Waals surface area contributed by atoms with Crippen LogP contribution in [0.5, 0.6) is 0 Å². The average Bonchev–Trinajstić information content (AvgIpc) is 3.02. The van der Waals surface area contributed by atoms with E-state index in [0.29, 0.717) is 19.4 Å². The largest absolute Gasteiger partial charge is 0.481 e. The number of nitrogens with two attached hydrogens (primary N) is 2. The zero-order valence-electron chi connectivity index (χ0n) is 27.6. The molecule has 0 aliphatic carbocycles. The van der Waals surface area contributed by atoms with Crippen LogP contribution in [0.3, 0.4) is 0 Å². The maximum atomic E-state index is 13.3.